The molecule has 0 amide bonds. The van der Waals surface area contributed by atoms with Crippen LogP contribution < -0.4 is 5.32 Å². The van der Waals surface area contributed by atoms with Crippen molar-refractivity contribution in [3.8, 4) is 0 Å². The van der Waals surface area contributed by atoms with Crippen molar-refractivity contribution < 1.29 is 8.78 Å². The molecular formula is C14H21F2N. The molecule has 1 N–H and O–H groups in total. The summed E-state index contributed by atoms with van der Waals surface area (Å²) in [5.41, 5.74) is 0.467. The molecule has 1 rings (SSSR count). The lowest BCUT2D eigenvalue weighted by atomic mass is 9.97. The van der Waals surface area contributed by atoms with E-state index in [4.69, 9.17) is 0 Å². The second-order valence-corrected chi connectivity index (χ2v) is 4.89. The summed E-state index contributed by atoms with van der Waals surface area (Å²) in [5.74, 6) is -0.0816. The van der Waals surface area contributed by atoms with Crippen LogP contribution in [0.15, 0.2) is 18.2 Å². The fourth-order valence-corrected chi connectivity index (χ4v) is 2.01. The van der Waals surface area contributed by atoms with Crippen molar-refractivity contribution in [2.45, 2.75) is 39.2 Å². The molecular weight excluding hydrogens is 220 g/mol. The smallest absolute Gasteiger partial charge is 0.126 e. The van der Waals surface area contributed by atoms with E-state index in [2.05, 4.69) is 19.2 Å². The highest BCUT2D eigenvalue weighted by molar-refractivity contribution is 5.18. The minimum absolute atomic E-state index is 0.314. The average molecular weight is 241 g/mol. The molecule has 0 fully saturated rings. The van der Waals surface area contributed by atoms with Crippen molar-refractivity contribution in [3.05, 3.63) is 35.4 Å². The molecule has 0 spiro atoms. The normalized spacial score (nSPS) is 13.1. The van der Waals surface area contributed by atoms with Crippen molar-refractivity contribution in [1.29, 1.82) is 0 Å². The third-order valence-electron chi connectivity index (χ3n) is 2.93. The van der Waals surface area contributed by atoms with Crippen LogP contribution in [0.4, 0.5) is 8.78 Å². The van der Waals surface area contributed by atoms with Gasteiger partial charge < -0.3 is 5.32 Å². The van der Waals surface area contributed by atoms with Crippen molar-refractivity contribution in [2.24, 2.45) is 5.92 Å². The van der Waals surface area contributed by atoms with E-state index >= 15 is 0 Å². The SMILES string of the molecule is CNC(CCc1cc(F)ccc1F)CC(C)C. The number of halogens is 2. The van der Waals surface area contributed by atoms with Gasteiger partial charge in [-0.05, 0) is 56.0 Å². The summed E-state index contributed by atoms with van der Waals surface area (Å²) in [6.07, 6.45) is 2.45. The number of hydrogen-bond donors (Lipinski definition) is 1. The Labute approximate surface area is 102 Å². The van der Waals surface area contributed by atoms with Crippen molar-refractivity contribution in [1.82, 2.24) is 5.32 Å². The van der Waals surface area contributed by atoms with Gasteiger partial charge >= 0.3 is 0 Å². The summed E-state index contributed by atoms with van der Waals surface area (Å²) >= 11 is 0. The first-order chi connectivity index (χ1) is 8.02. The Morgan fingerprint density at radius 3 is 2.53 bits per heavy atom. The fourth-order valence-electron chi connectivity index (χ4n) is 2.01. The van der Waals surface area contributed by atoms with Crippen LogP contribution in [0, 0.1) is 17.6 Å². The molecule has 1 aromatic rings. The van der Waals surface area contributed by atoms with Gasteiger partial charge in [-0.1, -0.05) is 13.8 Å². The van der Waals surface area contributed by atoms with E-state index in [1.165, 1.54) is 12.1 Å². The number of nitrogens with one attached hydrogen (secondary N) is 1. The molecule has 96 valence electrons. The van der Waals surface area contributed by atoms with Gasteiger partial charge in [-0.2, -0.15) is 0 Å². The molecule has 1 nitrogen and oxygen atoms in total. The molecule has 0 aliphatic carbocycles. The first-order valence-corrected chi connectivity index (χ1v) is 6.14. The highest BCUT2D eigenvalue weighted by atomic mass is 19.1. The predicted octanol–water partition coefficient (Wildman–Crippen LogP) is 3.53. The first kappa shape index (κ1) is 14.1. The molecule has 0 heterocycles. The van der Waals surface area contributed by atoms with E-state index in [-0.39, 0.29) is 11.6 Å². The van der Waals surface area contributed by atoms with Gasteiger partial charge in [0.2, 0.25) is 0 Å². The second kappa shape index (κ2) is 6.70. The molecule has 1 aromatic carbocycles. The Hall–Kier alpha value is -0.960. The van der Waals surface area contributed by atoms with Crippen LogP contribution in [0.1, 0.15) is 32.3 Å². The van der Waals surface area contributed by atoms with Gasteiger partial charge in [0.25, 0.3) is 0 Å². The van der Waals surface area contributed by atoms with Crippen LogP contribution in [0.25, 0.3) is 0 Å². The molecule has 0 aliphatic heterocycles. The zero-order valence-electron chi connectivity index (χ0n) is 10.8. The Kier molecular flexibility index (Phi) is 5.56. The number of rotatable bonds is 6. The van der Waals surface area contributed by atoms with E-state index in [0.717, 1.165) is 18.9 Å². The van der Waals surface area contributed by atoms with Gasteiger partial charge in [-0.25, -0.2) is 8.78 Å². The van der Waals surface area contributed by atoms with E-state index in [1.807, 2.05) is 7.05 Å². The van der Waals surface area contributed by atoms with Crippen LogP contribution in [-0.4, -0.2) is 13.1 Å². The average Bonchev–Trinajstić information content (AvgIpc) is 2.28. The number of hydrogen-bond acceptors (Lipinski definition) is 1. The van der Waals surface area contributed by atoms with Gasteiger partial charge in [0.1, 0.15) is 11.6 Å². The third kappa shape index (κ3) is 4.82. The van der Waals surface area contributed by atoms with Crippen LogP contribution in [0.3, 0.4) is 0 Å². The maximum Gasteiger partial charge on any atom is 0.126 e. The first-order valence-electron chi connectivity index (χ1n) is 6.14. The van der Waals surface area contributed by atoms with Crippen molar-refractivity contribution >= 4 is 0 Å². The highest BCUT2D eigenvalue weighted by Crippen LogP contribution is 2.15. The highest BCUT2D eigenvalue weighted by Gasteiger charge is 2.11. The van der Waals surface area contributed by atoms with E-state index in [0.29, 0.717) is 23.9 Å². The summed E-state index contributed by atoms with van der Waals surface area (Å²) in [6.45, 7) is 4.32. The van der Waals surface area contributed by atoms with Gasteiger partial charge in [0.05, 0.1) is 0 Å². The summed E-state index contributed by atoms with van der Waals surface area (Å²) in [4.78, 5) is 0. The summed E-state index contributed by atoms with van der Waals surface area (Å²) < 4.78 is 26.4. The van der Waals surface area contributed by atoms with E-state index < -0.39 is 0 Å². The molecule has 17 heavy (non-hydrogen) atoms. The van der Waals surface area contributed by atoms with Crippen LogP contribution in [-0.2, 0) is 6.42 Å². The topological polar surface area (TPSA) is 12.0 Å². The number of benzene rings is 1. The summed E-state index contributed by atoms with van der Waals surface area (Å²) in [7, 11) is 1.91. The molecule has 0 bridgehead atoms. The molecule has 0 aliphatic rings. The van der Waals surface area contributed by atoms with Crippen molar-refractivity contribution in [2.75, 3.05) is 7.05 Å². The zero-order chi connectivity index (χ0) is 12.8. The van der Waals surface area contributed by atoms with Crippen LogP contribution in [0.2, 0.25) is 0 Å². The standard InChI is InChI=1S/C14H21F2N/c1-10(2)8-13(17-3)6-4-11-9-12(15)5-7-14(11)16/h5,7,9-10,13,17H,4,6,8H2,1-3H3. The van der Waals surface area contributed by atoms with E-state index in [1.54, 1.807) is 0 Å². The van der Waals surface area contributed by atoms with Gasteiger partial charge in [-0.15, -0.1) is 0 Å². The Morgan fingerprint density at radius 1 is 1.24 bits per heavy atom. The Morgan fingerprint density at radius 2 is 1.94 bits per heavy atom. The Bertz CT molecular complexity index is 350. The fraction of sp³-hybridized carbons (Fsp3) is 0.571. The van der Waals surface area contributed by atoms with Crippen LogP contribution >= 0.6 is 0 Å². The monoisotopic (exact) mass is 241 g/mol. The predicted molar refractivity (Wildman–Crippen MR) is 67.0 cm³/mol. The number of aryl methyl sites for hydroxylation is 1. The molecule has 0 aromatic heterocycles. The molecule has 1 unspecified atom stereocenters. The van der Waals surface area contributed by atoms with Crippen LogP contribution in [0.5, 0.6) is 0 Å². The second-order valence-electron chi connectivity index (χ2n) is 4.89. The van der Waals surface area contributed by atoms with E-state index in [9.17, 15) is 8.78 Å². The maximum absolute atomic E-state index is 13.4. The molecule has 3 heteroatoms. The maximum atomic E-state index is 13.4. The van der Waals surface area contributed by atoms with Crippen molar-refractivity contribution in [3.63, 3.8) is 0 Å². The Balaban J connectivity index is 2.56. The molecule has 0 saturated carbocycles. The third-order valence-corrected chi connectivity index (χ3v) is 2.93. The lowest BCUT2D eigenvalue weighted by molar-refractivity contribution is 0.419. The zero-order valence-corrected chi connectivity index (χ0v) is 10.8. The molecule has 0 radical (unpaired) electrons. The van der Waals surface area contributed by atoms with Gasteiger partial charge in [-0.3, -0.25) is 0 Å². The minimum Gasteiger partial charge on any atom is -0.317 e. The lowest BCUT2D eigenvalue weighted by Crippen LogP contribution is -2.27. The largest absolute Gasteiger partial charge is 0.317 e. The molecule has 0 saturated heterocycles. The van der Waals surface area contributed by atoms with Gasteiger partial charge in [0, 0.05) is 6.04 Å². The quantitative estimate of drug-likeness (QED) is 0.803. The molecule has 1 atom stereocenters. The summed E-state index contributed by atoms with van der Waals surface area (Å²) in [6, 6.07) is 4.00. The van der Waals surface area contributed by atoms with Gasteiger partial charge in [0.15, 0.2) is 0 Å². The lowest BCUT2D eigenvalue weighted by Gasteiger charge is -2.18. The minimum atomic E-state index is -0.369. The summed E-state index contributed by atoms with van der Waals surface area (Å²) in [5, 5.41) is 3.22.